The predicted octanol–water partition coefficient (Wildman–Crippen LogP) is 3.20. The second-order valence-electron chi connectivity index (χ2n) is 11.9. The van der Waals surface area contributed by atoms with Crippen LogP contribution in [-0.4, -0.2) is 108 Å². The number of amides is 2. The quantitative estimate of drug-likeness (QED) is 0.485. The largest absolute Gasteiger partial charge is 0.366 e. The maximum Gasteiger partial charge on any atom is 0.251 e. The van der Waals surface area contributed by atoms with Gasteiger partial charge in [0.25, 0.3) is 5.91 Å². The average Bonchev–Trinajstić information content (AvgIpc) is 3.58. The maximum atomic E-state index is 14.8. The first-order valence-corrected chi connectivity index (χ1v) is 15.2. The summed E-state index contributed by atoms with van der Waals surface area (Å²) >= 11 is 8.03. The molecule has 3 fully saturated rings. The number of nitrogens with one attached hydrogen (secondary N) is 1. The number of ether oxygens (including phenoxy) is 1. The van der Waals surface area contributed by atoms with Crippen molar-refractivity contribution >= 4 is 45.7 Å². The van der Waals surface area contributed by atoms with E-state index in [2.05, 4.69) is 29.1 Å². The van der Waals surface area contributed by atoms with E-state index in [-0.39, 0.29) is 25.4 Å². The van der Waals surface area contributed by atoms with Crippen LogP contribution in [-0.2, 0) is 14.3 Å². The van der Waals surface area contributed by atoms with E-state index in [1.54, 1.807) is 23.5 Å². The van der Waals surface area contributed by atoms with Crippen LogP contribution in [0.3, 0.4) is 0 Å². The summed E-state index contributed by atoms with van der Waals surface area (Å²) in [5, 5.41) is 3.18. The number of fused-ring (bicyclic) bond motifs is 1. The Kier molecular flexibility index (Phi) is 8.44. The molecule has 4 unspecified atom stereocenters. The number of anilines is 1. The molecule has 222 valence electrons. The van der Waals surface area contributed by atoms with Gasteiger partial charge in [-0.25, -0.2) is 9.37 Å². The SMILES string of the molecule is Cc1cc(C(=O)NC(CC(C)(C)F)C(=O)N2CC(Cl)C3OCC(=O)C32)ccc1-c1nc(N2CCN(C)CC2)sc1C. The molecule has 2 amide bonds. The van der Waals surface area contributed by atoms with E-state index >= 15 is 0 Å². The molecular weight excluding hydrogens is 569 g/mol. The minimum absolute atomic E-state index is 0.0947. The molecule has 4 atom stereocenters. The van der Waals surface area contributed by atoms with Crippen molar-refractivity contribution < 1.29 is 23.5 Å². The van der Waals surface area contributed by atoms with Gasteiger partial charge in [0.2, 0.25) is 5.91 Å². The lowest BCUT2D eigenvalue weighted by atomic mass is 9.98. The molecule has 9 nitrogen and oxygen atoms in total. The molecule has 1 aromatic carbocycles. The number of benzene rings is 1. The summed E-state index contributed by atoms with van der Waals surface area (Å²) in [6, 6.07) is 3.34. The molecule has 41 heavy (non-hydrogen) atoms. The van der Waals surface area contributed by atoms with Crippen LogP contribution < -0.4 is 10.2 Å². The van der Waals surface area contributed by atoms with Gasteiger partial charge in [0.1, 0.15) is 30.5 Å². The second-order valence-corrected chi connectivity index (χ2v) is 13.6. The lowest BCUT2D eigenvalue weighted by molar-refractivity contribution is -0.138. The van der Waals surface area contributed by atoms with Gasteiger partial charge in [0.15, 0.2) is 10.9 Å². The lowest BCUT2D eigenvalue weighted by Gasteiger charge is -2.32. The number of thiazole rings is 1. The number of likely N-dealkylation sites (tertiary alicyclic amines) is 1. The van der Waals surface area contributed by atoms with Crippen molar-refractivity contribution in [1.82, 2.24) is 20.1 Å². The molecule has 0 spiro atoms. The van der Waals surface area contributed by atoms with Crippen molar-refractivity contribution in [2.24, 2.45) is 0 Å². The highest BCUT2D eigenvalue weighted by Gasteiger charge is 2.53. The van der Waals surface area contributed by atoms with Crippen molar-refractivity contribution in [1.29, 1.82) is 0 Å². The minimum Gasteiger partial charge on any atom is -0.366 e. The number of carbonyl (C=O) groups excluding carboxylic acids is 3. The number of likely N-dealkylation sites (N-methyl/N-ethyl adjacent to an activating group) is 1. The Morgan fingerprint density at radius 3 is 2.61 bits per heavy atom. The van der Waals surface area contributed by atoms with Gasteiger partial charge in [-0.2, -0.15) is 0 Å². The number of nitrogens with zero attached hydrogens (tertiary/aromatic N) is 4. The van der Waals surface area contributed by atoms with E-state index in [4.69, 9.17) is 21.3 Å². The molecule has 3 aliphatic rings. The number of hydrogen-bond donors (Lipinski definition) is 1. The first-order valence-electron chi connectivity index (χ1n) is 13.9. The molecule has 0 bridgehead atoms. The van der Waals surface area contributed by atoms with E-state index in [1.807, 2.05) is 13.0 Å². The normalized spacial score (nSPS) is 24.1. The number of alkyl halides is 2. The molecule has 3 saturated heterocycles. The number of rotatable bonds is 7. The number of Topliss-reactive ketones (excluding diaryl/α,β-unsaturated/α-hetero) is 1. The van der Waals surface area contributed by atoms with Gasteiger partial charge in [0.05, 0.1) is 11.1 Å². The standard InChI is InChI=1S/C29H37ClFN5O4S/c1-16-12-18(6-7-19(16)23-17(2)41-28(33-23)35-10-8-34(5)9-11-35)26(38)32-21(13-29(3,4)31)27(39)36-14-20(30)25-24(36)22(37)15-40-25/h6-7,12,20-21,24-25H,8-11,13-15H2,1-5H3,(H,32,38). The number of aryl methyl sites for hydroxylation is 2. The third-order valence-electron chi connectivity index (χ3n) is 8.00. The van der Waals surface area contributed by atoms with Gasteiger partial charge < -0.3 is 24.8 Å². The molecule has 0 aliphatic carbocycles. The smallest absolute Gasteiger partial charge is 0.251 e. The highest BCUT2D eigenvalue weighted by molar-refractivity contribution is 7.16. The summed E-state index contributed by atoms with van der Waals surface area (Å²) in [6.45, 7) is 10.5. The maximum absolute atomic E-state index is 14.8. The molecular formula is C29H37ClFN5O4S. The number of aromatic nitrogens is 1. The number of ketones is 1. The van der Waals surface area contributed by atoms with Crippen LogP contribution in [0, 0.1) is 13.8 Å². The summed E-state index contributed by atoms with van der Waals surface area (Å²) < 4.78 is 20.3. The van der Waals surface area contributed by atoms with E-state index in [0.717, 1.165) is 53.0 Å². The molecule has 0 saturated carbocycles. The molecule has 3 aliphatic heterocycles. The summed E-state index contributed by atoms with van der Waals surface area (Å²) in [7, 11) is 2.12. The summed E-state index contributed by atoms with van der Waals surface area (Å²) in [4.78, 5) is 51.4. The summed E-state index contributed by atoms with van der Waals surface area (Å²) in [6.07, 6.45) is -0.846. The summed E-state index contributed by atoms with van der Waals surface area (Å²) in [5.41, 5.74) is 1.30. The van der Waals surface area contributed by atoms with Crippen LogP contribution in [0.1, 0.15) is 41.1 Å². The van der Waals surface area contributed by atoms with E-state index < -0.39 is 41.0 Å². The molecule has 5 rings (SSSR count). The topological polar surface area (TPSA) is 95.1 Å². The van der Waals surface area contributed by atoms with Crippen LogP contribution >= 0.6 is 22.9 Å². The second kappa shape index (κ2) is 11.6. The Hall–Kier alpha value is -2.60. The van der Waals surface area contributed by atoms with Crippen LogP contribution in [0.25, 0.3) is 11.3 Å². The van der Waals surface area contributed by atoms with Crippen molar-refractivity contribution in [3.05, 3.63) is 34.2 Å². The molecule has 1 aromatic heterocycles. The van der Waals surface area contributed by atoms with Crippen molar-refractivity contribution in [2.45, 2.75) is 63.3 Å². The summed E-state index contributed by atoms with van der Waals surface area (Å²) in [5.74, 6) is -1.28. The highest BCUT2D eigenvalue weighted by atomic mass is 35.5. The fourth-order valence-corrected chi connectivity index (χ4v) is 7.12. The van der Waals surface area contributed by atoms with Crippen LogP contribution in [0.4, 0.5) is 9.52 Å². The Bertz CT molecular complexity index is 1340. The van der Waals surface area contributed by atoms with E-state index in [1.165, 1.54) is 18.7 Å². The zero-order valence-corrected chi connectivity index (χ0v) is 25.6. The Labute approximate surface area is 249 Å². The van der Waals surface area contributed by atoms with Gasteiger partial charge in [0, 0.05) is 55.1 Å². The predicted molar refractivity (Wildman–Crippen MR) is 158 cm³/mol. The Balaban J connectivity index is 1.33. The monoisotopic (exact) mass is 605 g/mol. The number of carbonyl (C=O) groups is 3. The average molecular weight is 606 g/mol. The fraction of sp³-hybridized carbons (Fsp3) is 0.586. The number of halogens is 2. The Morgan fingerprint density at radius 2 is 1.95 bits per heavy atom. The van der Waals surface area contributed by atoms with Gasteiger partial charge in [-0.3, -0.25) is 14.4 Å². The third kappa shape index (κ3) is 6.28. The third-order valence-corrected chi connectivity index (χ3v) is 9.42. The molecule has 12 heteroatoms. The Morgan fingerprint density at radius 1 is 1.24 bits per heavy atom. The van der Waals surface area contributed by atoms with Crippen LogP contribution in [0.15, 0.2) is 18.2 Å². The van der Waals surface area contributed by atoms with Gasteiger partial charge >= 0.3 is 0 Å². The van der Waals surface area contributed by atoms with Crippen LogP contribution in [0.2, 0.25) is 0 Å². The van der Waals surface area contributed by atoms with Crippen LogP contribution in [0.5, 0.6) is 0 Å². The van der Waals surface area contributed by atoms with Gasteiger partial charge in [-0.05, 0) is 52.4 Å². The van der Waals surface area contributed by atoms with Gasteiger partial charge in [-0.1, -0.05) is 6.07 Å². The highest BCUT2D eigenvalue weighted by Crippen LogP contribution is 2.35. The lowest BCUT2D eigenvalue weighted by Crippen LogP contribution is -2.53. The fourth-order valence-electron chi connectivity index (χ4n) is 5.79. The minimum atomic E-state index is -1.74. The molecule has 4 heterocycles. The molecule has 1 N–H and O–H groups in total. The zero-order valence-electron chi connectivity index (χ0n) is 24.1. The zero-order chi connectivity index (χ0) is 29.6. The molecule has 2 aromatic rings. The first-order chi connectivity index (χ1) is 19.3. The first kappa shape index (κ1) is 29.9. The van der Waals surface area contributed by atoms with Crippen molar-refractivity contribution in [3.63, 3.8) is 0 Å². The van der Waals surface area contributed by atoms with Crippen molar-refractivity contribution in [3.8, 4) is 11.3 Å². The van der Waals surface area contributed by atoms with Crippen molar-refractivity contribution in [2.75, 3.05) is 51.3 Å². The van der Waals surface area contributed by atoms with E-state index in [0.29, 0.717) is 5.56 Å². The van der Waals surface area contributed by atoms with E-state index in [9.17, 15) is 18.8 Å². The molecule has 0 radical (unpaired) electrons. The number of hydrogen-bond acceptors (Lipinski definition) is 8. The van der Waals surface area contributed by atoms with Gasteiger partial charge in [-0.15, -0.1) is 22.9 Å². The number of piperazine rings is 1.